The van der Waals surface area contributed by atoms with E-state index in [2.05, 4.69) is 30.9 Å². The molecule has 0 aliphatic carbocycles. The van der Waals surface area contributed by atoms with Gasteiger partial charge >= 0.3 is 0 Å². The molecule has 0 fully saturated rings. The smallest absolute Gasteiger partial charge is 0.251 e. The van der Waals surface area contributed by atoms with Crippen molar-refractivity contribution in [2.45, 2.75) is 13.0 Å². The normalized spacial score (nSPS) is 13.4. The van der Waals surface area contributed by atoms with Crippen LogP contribution in [-0.2, 0) is 13.0 Å². The molecule has 0 saturated heterocycles. The lowest BCUT2D eigenvalue weighted by Crippen LogP contribution is -2.29. The molecule has 3 N–H and O–H groups in total. The summed E-state index contributed by atoms with van der Waals surface area (Å²) in [4.78, 5) is 27.1. The van der Waals surface area contributed by atoms with E-state index in [4.69, 9.17) is 0 Å². The largest absolute Gasteiger partial charge is 0.368 e. The number of pyridine rings is 1. The molecule has 1 aliphatic rings. The number of nitrogens with zero attached hydrogens (tertiary/aromatic N) is 3. The highest BCUT2D eigenvalue weighted by molar-refractivity contribution is 7.18. The number of amides is 1. The van der Waals surface area contributed by atoms with E-state index >= 15 is 0 Å². The molecule has 0 atom stereocenters. The monoisotopic (exact) mass is 354 g/mol. The minimum atomic E-state index is -0.101. The van der Waals surface area contributed by atoms with Crippen molar-refractivity contribution in [3.8, 4) is 0 Å². The molecule has 0 unspecified atom stereocenters. The maximum absolute atomic E-state index is 12.0. The summed E-state index contributed by atoms with van der Waals surface area (Å²) in [7, 11) is 0. The number of aromatic nitrogens is 3. The van der Waals surface area contributed by atoms with Gasteiger partial charge < -0.3 is 16.0 Å². The number of nitrogens with one attached hydrogen (secondary N) is 3. The highest BCUT2D eigenvalue weighted by atomic mass is 32.1. The fourth-order valence-electron chi connectivity index (χ4n) is 2.96. The third kappa shape index (κ3) is 3.31. The van der Waals surface area contributed by atoms with Crippen molar-refractivity contribution < 1.29 is 4.79 Å². The van der Waals surface area contributed by atoms with E-state index < -0.39 is 0 Å². The minimum absolute atomic E-state index is 0.101. The van der Waals surface area contributed by atoms with Gasteiger partial charge in [-0.05, 0) is 30.7 Å². The van der Waals surface area contributed by atoms with Crippen molar-refractivity contribution in [1.29, 1.82) is 0 Å². The van der Waals surface area contributed by atoms with Crippen LogP contribution in [0.4, 0.5) is 5.82 Å². The molecule has 4 rings (SSSR count). The lowest BCUT2D eigenvalue weighted by atomic mass is 10.1. The zero-order chi connectivity index (χ0) is 17.1. The second-order valence-electron chi connectivity index (χ2n) is 5.75. The average Bonchev–Trinajstić information content (AvgIpc) is 3.05. The summed E-state index contributed by atoms with van der Waals surface area (Å²) < 4.78 is 0. The summed E-state index contributed by atoms with van der Waals surface area (Å²) in [6.45, 7) is 3.00. The van der Waals surface area contributed by atoms with Crippen molar-refractivity contribution in [3.63, 3.8) is 0 Å². The average molecular weight is 354 g/mol. The molecule has 1 amide bonds. The Kier molecular flexibility index (Phi) is 4.53. The van der Waals surface area contributed by atoms with E-state index in [1.165, 1.54) is 10.4 Å². The third-order valence-electron chi connectivity index (χ3n) is 4.15. The highest BCUT2D eigenvalue weighted by Crippen LogP contribution is 2.35. The third-order valence-corrected chi connectivity index (χ3v) is 5.29. The van der Waals surface area contributed by atoms with E-state index in [9.17, 15) is 4.79 Å². The van der Waals surface area contributed by atoms with Gasteiger partial charge in [0.05, 0.1) is 5.39 Å². The quantitative estimate of drug-likeness (QED) is 0.603. The Morgan fingerprint density at radius 2 is 2.12 bits per heavy atom. The molecule has 8 heteroatoms. The van der Waals surface area contributed by atoms with Crippen molar-refractivity contribution in [1.82, 2.24) is 25.6 Å². The first-order valence-electron chi connectivity index (χ1n) is 8.21. The van der Waals surface area contributed by atoms with Gasteiger partial charge in [0.2, 0.25) is 0 Å². The van der Waals surface area contributed by atoms with Crippen LogP contribution in [0.3, 0.4) is 0 Å². The first kappa shape index (κ1) is 15.9. The van der Waals surface area contributed by atoms with Crippen LogP contribution in [0.5, 0.6) is 0 Å². The number of rotatable bonds is 5. The van der Waals surface area contributed by atoms with E-state index in [1.54, 1.807) is 42.2 Å². The van der Waals surface area contributed by atoms with Crippen LogP contribution < -0.4 is 16.0 Å². The minimum Gasteiger partial charge on any atom is -0.368 e. The Morgan fingerprint density at radius 3 is 3.00 bits per heavy atom. The number of carbonyl (C=O) groups is 1. The van der Waals surface area contributed by atoms with E-state index in [0.29, 0.717) is 18.7 Å². The van der Waals surface area contributed by atoms with Gasteiger partial charge in [-0.15, -0.1) is 11.3 Å². The standard InChI is InChI=1S/C17H18N6OS/c24-16(11-1-4-18-5-2-11)21-8-7-20-15-14-12-3-6-19-9-13(12)25-17(14)23-10-22-15/h1-2,4-5,10,19H,3,6-9H2,(H,21,24)(H,20,22,23). The molecule has 0 aromatic carbocycles. The first-order chi connectivity index (χ1) is 12.3. The molecule has 3 aromatic heterocycles. The zero-order valence-corrected chi connectivity index (χ0v) is 14.4. The van der Waals surface area contributed by atoms with Crippen molar-refractivity contribution in [2.75, 3.05) is 25.0 Å². The SMILES string of the molecule is O=C(NCCNc1ncnc2sc3c(c12)CCNC3)c1ccncc1. The maximum atomic E-state index is 12.0. The van der Waals surface area contributed by atoms with Crippen LogP contribution in [0.2, 0.25) is 0 Å². The van der Waals surface area contributed by atoms with Gasteiger partial charge in [0.1, 0.15) is 17.0 Å². The van der Waals surface area contributed by atoms with Gasteiger partial charge in [0.15, 0.2) is 0 Å². The molecule has 0 bridgehead atoms. The lowest BCUT2D eigenvalue weighted by Gasteiger charge is -2.14. The molecule has 128 valence electrons. The summed E-state index contributed by atoms with van der Waals surface area (Å²) >= 11 is 1.73. The molecule has 0 spiro atoms. The van der Waals surface area contributed by atoms with Gasteiger partial charge in [-0.3, -0.25) is 9.78 Å². The van der Waals surface area contributed by atoms with Crippen LogP contribution in [0.1, 0.15) is 20.8 Å². The Morgan fingerprint density at radius 1 is 1.24 bits per heavy atom. The number of fused-ring (bicyclic) bond motifs is 3. The van der Waals surface area contributed by atoms with Crippen molar-refractivity contribution in [3.05, 3.63) is 46.9 Å². The summed E-state index contributed by atoms with van der Waals surface area (Å²) in [5.74, 6) is 0.749. The first-order valence-corrected chi connectivity index (χ1v) is 9.02. The van der Waals surface area contributed by atoms with Gasteiger partial charge in [-0.2, -0.15) is 0 Å². The Bertz CT molecular complexity index is 895. The number of anilines is 1. The van der Waals surface area contributed by atoms with E-state index in [-0.39, 0.29) is 5.91 Å². The molecule has 7 nitrogen and oxygen atoms in total. The number of hydrogen-bond donors (Lipinski definition) is 3. The second kappa shape index (κ2) is 7.12. The number of thiophene rings is 1. The fourth-order valence-corrected chi connectivity index (χ4v) is 4.11. The summed E-state index contributed by atoms with van der Waals surface area (Å²) in [6.07, 6.45) is 5.81. The van der Waals surface area contributed by atoms with Gasteiger partial charge in [-0.1, -0.05) is 0 Å². The molecule has 0 saturated carbocycles. The fraction of sp³-hybridized carbons (Fsp3) is 0.294. The van der Waals surface area contributed by atoms with E-state index in [1.807, 2.05) is 0 Å². The Hall–Kier alpha value is -2.58. The highest BCUT2D eigenvalue weighted by Gasteiger charge is 2.19. The molecule has 3 aromatic rings. The zero-order valence-electron chi connectivity index (χ0n) is 13.6. The van der Waals surface area contributed by atoms with Crippen LogP contribution in [0.15, 0.2) is 30.9 Å². The number of carbonyl (C=O) groups excluding carboxylic acids is 1. The topological polar surface area (TPSA) is 91.8 Å². The number of hydrogen-bond acceptors (Lipinski definition) is 7. The van der Waals surface area contributed by atoms with Gasteiger partial charge in [0, 0.05) is 42.5 Å². The van der Waals surface area contributed by atoms with Crippen molar-refractivity contribution in [2.24, 2.45) is 0 Å². The predicted octanol–water partition coefficient (Wildman–Crippen LogP) is 1.57. The van der Waals surface area contributed by atoms with Crippen LogP contribution in [-0.4, -0.2) is 40.5 Å². The summed E-state index contributed by atoms with van der Waals surface area (Å²) in [5, 5.41) is 10.8. The van der Waals surface area contributed by atoms with Gasteiger partial charge in [0.25, 0.3) is 5.91 Å². The van der Waals surface area contributed by atoms with Crippen LogP contribution in [0.25, 0.3) is 10.2 Å². The van der Waals surface area contributed by atoms with Crippen LogP contribution >= 0.6 is 11.3 Å². The summed E-state index contributed by atoms with van der Waals surface area (Å²) in [5.41, 5.74) is 1.96. The summed E-state index contributed by atoms with van der Waals surface area (Å²) in [6, 6.07) is 3.39. The molecular weight excluding hydrogens is 336 g/mol. The molecule has 25 heavy (non-hydrogen) atoms. The maximum Gasteiger partial charge on any atom is 0.251 e. The molecule has 1 aliphatic heterocycles. The Balaban J connectivity index is 1.41. The molecule has 0 radical (unpaired) electrons. The molecule has 4 heterocycles. The van der Waals surface area contributed by atoms with Gasteiger partial charge in [-0.25, -0.2) is 9.97 Å². The Labute approximate surface area is 148 Å². The van der Waals surface area contributed by atoms with Crippen molar-refractivity contribution >= 4 is 33.3 Å². The molecular formula is C17H18N6OS. The second-order valence-corrected chi connectivity index (χ2v) is 6.84. The predicted molar refractivity (Wildman–Crippen MR) is 97.9 cm³/mol. The van der Waals surface area contributed by atoms with Crippen LogP contribution in [0, 0.1) is 0 Å². The lowest BCUT2D eigenvalue weighted by molar-refractivity contribution is 0.0955. The van der Waals surface area contributed by atoms with E-state index in [0.717, 1.165) is 35.5 Å².